The van der Waals surface area contributed by atoms with E-state index in [0.29, 0.717) is 17.5 Å². The molecule has 1 aromatic heterocycles. The SMILES string of the molecule is COC(C)(C)Cn1c(CO)nnc1SCC(=O)O. The number of carbonyl (C=O) groups is 1. The Labute approximate surface area is 109 Å². The predicted molar refractivity (Wildman–Crippen MR) is 65.4 cm³/mol. The van der Waals surface area contributed by atoms with E-state index in [2.05, 4.69) is 10.2 Å². The lowest BCUT2D eigenvalue weighted by Crippen LogP contribution is -2.30. The largest absolute Gasteiger partial charge is 0.481 e. The summed E-state index contributed by atoms with van der Waals surface area (Å²) in [5, 5.41) is 26.0. The molecule has 8 heteroatoms. The Hall–Kier alpha value is -1.12. The highest BCUT2D eigenvalue weighted by atomic mass is 32.2. The van der Waals surface area contributed by atoms with Gasteiger partial charge in [-0.05, 0) is 13.8 Å². The van der Waals surface area contributed by atoms with Crippen LogP contribution in [-0.2, 0) is 22.7 Å². The van der Waals surface area contributed by atoms with Crippen molar-refractivity contribution in [1.29, 1.82) is 0 Å². The molecule has 0 saturated carbocycles. The smallest absolute Gasteiger partial charge is 0.313 e. The zero-order valence-electron chi connectivity index (χ0n) is 10.6. The summed E-state index contributed by atoms with van der Waals surface area (Å²) in [6.07, 6.45) is 0. The molecule has 0 amide bonds. The minimum atomic E-state index is -0.925. The van der Waals surface area contributed by atoms with E-state index in [9.17, 15) is 9.90 Å². The normalized spacial score (nSPS) is 11.8. The molecule has 0 bridgehead atoms. The highest BCUT2D eigenvalue weighted by Crippen LogP contribution is 2.21. The van der Waals surface area contributed by atoms with Crippen LogP contribution in [0.25, 0.3) is 0 Å². The van der Waals surface area contributed by atoms with Gasteiger partial charge in [0.25, 0.3) is 0 Å². The number of thioether (sulfide) groups is 1. The maximum Gasteiger partial charge on any atom is 0.313 e. The van der Waals surface area contributed by atoms with Gasteiger partial charge in [0.2, 0.25) is 0 Å². The Morgan fingerprint density at radius 2 is 2.17 bits per heavy atom. The average Bonchev–Trinajstić information content (AvgIpc) is 2.68. The number of hydrogen-bond donors (Lipinski definition) is 2. The van der Waals surface area contributed by atoms with Crippen LogP contribution in [0.15, 0.2) is 5.16 Å². The van der Waals surface area contributed by atoms with Crippen LogP contribution >= 0.6 is 11.8 Å². The lowest BCUT2D eigenvalue weighted by Gasteiger charge is -2.24. The molecule has 0 aliphatic heterocycles. The molecule has 0 atom stereocenters. The lowest BCUT2D eigenvalue weighted by molar-refractivity contribution is -0.133. The first-order valence-electron chi connectivity index (χ1n) is 5.32. The molecule has 18 heavy (non-hydrogen) atoms. The van der Waals surface area contributed by atoms with Crippen molar-refractivity contribution in [3.8, 4) is 0 Å². The number of aliphatic hydroxyl groups is 1. The first-order valence-corrected chi connectivity index (χ1v) is 6.31. The first kappa shape index (κ1) is 14.9. The number of ether oxygens (including phenoxy) is 1. The number of aromatic nitrogens is 3. The Balaban J connectivity index is 2.91. The number of carboxylic acid groups (broad SMARTS) is 1. The van der Waals surface area contributed by atoms with E-state index in [4.69, 9.17) is 9.84 Å². The van der Waals surface area contributed by atoms with Gasteiger partial charge < -0.3 is 19.5 Å². The monoisotopic (exact) mass is 275 g/mol. The molecule has 0 saturated heterocycles. The van der Waals surface area contributed by atoms with Crippen LogP contribution < -0.4 is 0 Å². The summed E-state index contributed by atoms with van der Waals surface area (Å²) >= 11 is 1.07. The summed E-state index contributed by atoms with van der Waals surface area (Å²) in [7, 11) is 1.59. The summed E-state index contributed by atoms with van der Waals surface area (Å²) in [5.41, 5.74) is -0.454. The molecule has 0 aliphatic rings. The minimum Gasteiger partial charge on any atom is -0.481 e. The summed E-state index contributed by atoms with van der Waals surface area (Å²) in [5.74, 6) is -0.629. The van der Waals surface area contributed by atoms with Crippen molar-refractivity contribution in [2.45, 2.75) is 37.8 Å². The van der Waals surface area contributed by atoms with Crippen LogP contribution in [0.5, 0.6) is 0 Å². The molecule has 1 rings (SSSR count). The number of hydrogen-bond acceptors (Lipinski definition) is 6. The van der Waals surface area contributed by atoms with Gasteiger partial charge in [0.15, 0.2) is 11.0 Å². The minimum absolute atomic E-state index is 0.100. The zero-order chi connectivity index (χ0) is 13.8. The quantitative estimate of drug-likeness (QED) is 0.694. The van der Waals surface area contributed by atoms with E-state index in [0.717, 1.165) is 11.8 Å². The second-order valence-electron chi connectivity index (χ2n) is 4.29. The highest BCUT2D eigenvalue weighted by molar-refractivity contribution is 7.99. The lowest BCUT2D eigenvalue weighted by atomic mass is 10.1. The standard InChI is InChI=1S/C10H17N3O4S/c1-10(2,17-3)6-13-7(4-14)11-12-9(13)18-5-8(15)16/h14H,4-6H2,1-3H3,(H,15,16). The fourth-order valence-corrected chi connectivity index (χ4v) is 1.95. The third kappa shape index (κ3) is 3.97. The summed E-state index contributed by atoms with van der Waals surface area (Å²) in [6, 6.07) is 0. The Morgan fingerprint density at radius 3 is 2.67 bits per heavy atom. The number of aliphatic hydroxyl groups excluding tert-OH is 1. The molecule has 0 spiro atoms. The fraction of sp³-hybridized carbons (Fsp3) is 0.700. The second-order valence-corrected chi connectivity index (χ2v) is 5.23. The molecule has 102 valence electrons. The van der Waals surface area contributed by atoms with Gasteiger partial charge in [-0.1, -0.05) is 11.8 Å². The van der Waals surface area contributed by atoms with Gasteiger partial charge in [-0.3, -0.25) is 4.79 Å². The molecule has 0 aromatic carbocycles. The number of nitrogens with zero attached hydrogens (tertiary/aromatic N) is 3. The van der Waals surface area contributed by atoms with Crippen LogP contribution in [0.4, 0.5) is 0 Å². The van der Waals surface area contributed by atoms with Crippen molar-refractivity contribution in [2.75, 3.05) is 12.9 Å². The molecule has 0 unspecified atom stereocenters. The van der Waals surface area contributed by atoms with E-state index in [1.54, 1.807) is 11.7 Å². The Bertz CT molecular complexity index is 419. The van der Waals surface area contributed by atoms with Crippen molar-refractivity contribution in [3.05, 3.63) is 5.82 Å². The fourth-order valence-electron chi connectivity index (χ4n) is 1.27. The van der Waals surface area contributed by atoms with Gasteiger partial charge in [-0.15, -0.1) is 10.2 Å². The molecular formula is C10H17N3O4S. The van der Waals surface area contributed by atoms with Crippen molar-refractivity contribution in [3.63, 3.8) is 0 Å². The molecule has 7 nitrogen and oxygen atoms in total. The molecule has 0 aliphatic carbocycles. The van der Waals surface area contributed by atoms with Gasteiger partial charge in [0.1, 0.15) is 6.61 Å². The third-order valence-corrected chi connectivity index (χ3v) is 3.30. The maximum atomic E-state index is 10.5. The van der Waals surface area contributed by atoms with E-state index in [1.165, 1.54) is 0 Å². The number of methoxy groups -OCH3 is 1. The number of aliphatic carboxylic acids is 1. The van der Waals surface area contributed by atoms with Crippen molar-refractivity contribution in [2.24, 2.45) is 0 Å². The molecule has 0 radical (unpaired) electrons. The van der Waals surface area contributed by atoms with E-state index in [1.807, 2.05) is 13.8 Å². The van der Waals surface area contributed by atoms with Gasteiger partial charge in [-0.25, -0.2) is 0 Å². The Morgan fingerprint density at radius 1 is 1.50 bits per heavy atom. The van der Waals surface area contributed by atoms with E-state index >= 15 is 0 Å². The number of rotatable bonds is 7. The van der Waals surface area contributed by atoms with Crippen LogP contribution in [0.1, 0.15) is 19.7 Å². The van der Waals surface area contributed by atoms with Gasteiger partial charge in [-0.2, -0.15) is 0 Å². The summed E-state index contributed by atoms with van der Waals surface area (Å²) in [6.45, 7) is 3.97. The van der Waals surface area contributed by atoms with E-state index < -0.39 is 11.6 Å². The molecule has 1 heterocycles. The topological polar surface area (TPSA) is 97.5 Å². The molecular weight excluding hydrogens is 258 g/mol. The molecule has 2 N–H and O–H groups in total. The van der Waals surface area contributed by atoms with Gasteiger partial charge in [0.05, 0.1) is 17.9 Å². The van der Waals surface area contributed by atoms with Crippen molar-refractivity contribution >= 4 is 17.7 Å². The van der Waals surface area contributed by atoms with Crippen LogP contribution in [0, 0.1) is 0 Å². The van der Waals surface area contributed by atoms with Crippen molar-refractivity contribution in [1.82, 2.24) is 14.8 Å². The maximum absolute atomic E-state index is 10.5. The third-order valence-electron chi connectivity index (χ3n) is 2.35. The van der Waals surface area contributed by atoms with E-state index in [-0.39, 0.29) is 12.4 Å². The average molecular weight is 275 g/mol. The van der Waals surface area contributed by atoms with Crippen molar-refractivity contribution < 1.29 is 19.7 Å². The second kappa shape index (κ2) is 6.17. The van der Waals surface area contributed by atoms with Gasteiger partial charge in [0, 0.05) is 7.11 Å². The molecule has 1 aromatic rings. The number of carboxylic acids is 1. The highest BCUT2D eigenvalue weighted by Gasteiger charge is 2.22. The zero-order valence-corrected chi connectivity index (χ0v) is 11.4. The summed E-state index contributed by atoms with van der Waals surface area (Å²) < 4.78 is 6.99. The van der Waals surface area contributed by atoms with Crippen LogP contribution in [0.3, 0.4) is 0 Å². The van der Waals surface area contributed by atoms with Gasteiger partial charge >= 0.3 is 5.97 Å². The van der Waals surface area contributed by atoms with Crippen LogP contribution in [-0.4, -0.2) is 49.4 Å². The Kier molecular flexibility index (Phi) is 5.12. The van der Waals surface area contributed by atoms with Crippen LogP contribution in [0.2, 0.25) is 0 Å². The predicted octanol–water partition coefficient (Wildman–Crippen LogP) is 0.372. The first-order chi connectivity index (χ1) is 8.39. The molecule has 0 fully saturated rings. The summed E-state index contributed by atoms with van der Waals surface area (Å²) in [4.78, 5) is 10.5.